The van der Waals surface area contributed by atoms with Crippen molar-refractivity contribution in [1.29, 1.82) is 0 Å². The molecule has 2 nitrogen and oxygen atoms in total. The monoisotopic (exact) mass is 240 g/mol. The highest BCUT2D eigenvalue weighted by molar-refractivity contribution is 5.85. The smallest absolute Gasteiger partial charge is 0.0594 e. The van der Waals surface area contributed by atoms with Gasteiger partial charge in [0.15, 0.2) is 0 Å². The van der Waals surface area contributed by atoms with Crippen LogP contribution in [0.25, 0.3) is 10.8 Å². The Hall–Kier alpha value is -1.38. The van der Waals surface area contributed by atoms with Crippen molar-refractivity contribution in [2.24, 2.45) is 0 Å². The summed E-state index contributed by atoms with van der Waals surface area (Å²) < 4.78 is 5.43. The van der Waals surface area contributed by atoms with E-state index < -0.39 is 0 Å². The van der Waals surface area contributed by atoms with Crippen LogP contribution in [0.4, 0.5) is 0 Å². The minimum atomic E-state index is 0.438. The van der Waals surface area contributed by atoms with Crippen molar-refractivity contribution >= 4 is 10.8 Å². The minimum absolute atomic E-state index is 0.438. The van der Waals surface area contributed by atoms with Gasteiger partial charge in [-0.3, -0.25) is 4.90 Å². The largest absolute Gasteiger partial charge is 0.379 e. The van der Waals surface area contributed by atoms with E-state index in [1.165, 1.54) is 16.3 Å². The predicted octanol–water partition coefficient (Wildman–Crippen LogP) is 3.03. The summed E-state index contributed by atoms with van der Waals surface area (Å²) in [4.78, 5) is 2.49. The van der Waals surface area contributed by atoms with E-state index in [0.717, 1.165) is 26.3 Å². The maximum absolute atomic E-state index is 5.43. The third kappa shape index (κ3) is 2.14. The van der Waals surface area contributed by atoms with Crippen molar-refractivity contribution < 1.29 is 4.74 Å². The Morgan fingerprint density at radius 3 is 2.89 bits per heavy atom. The number of hydrogen-bond donors (Lipinski definition) is 0. The summed E-state index contributed by atoms with van der Waals surface area (Å²) in [6.07, 6.45) is 0. The molecule has 1 atom stereocenters. The number of fused-ring (bicyclic) bond motifs is 1. The molecule has 1 fully saturated rings. The van der Waals surface area contributed by atoms with Gasteiger partial charge in [0, 0.05) is 19.1 Å². The molecule has 0 aromatic heterocycles. The van der Waals surface area contributed by atoms with Crippen LogP contribution in [0.15, 0.2) is 36.4 Å². The van der Waals surface area contributed by atoms with Crippen molar-refractivity contribution in [3.63, 3.8) is 0 Å². The Balaban J connectivity index is 1.97. The van der Waals surface area contributed by atoms with Gasteiger partial charge in [0.2, 0.25) is 0 Å². The molecule has 0 bridgehead atoms. The average Bonchev–Trinajstić information content (AvgIpc) is 2.47. The third-order valence-corrected chi connectivity index (χ3v) is 3.80. The third-order valence-electron chi connectivity index (χ3n) is 3.80. The van der Waals surface area contributed by atoms with Gasteiger partial charge >= 0.3 is 0 Å². The van der Waals surface area contributed by atoms with Crippen molar-refractivity contribution in [3.05, 3.63) is 48.0 Å². The summed E-state index contributed by atoms with van der Waals surface area (Å²) in [6, 6.07) is 16.4. The fraction of sp³-hybridized carbons (Fsp3) is 0.375. The molecule has 2 heteroatoms. The highest BCUT2D eigenvalue weighted by Gasteiger charge is 2.19. The maximum Gasteiger partial charge on any atom is 0.0594 e. The van der Waals surface area contributed by atoms with E-state index in [1.807, 2.05) is 6.07 Å². The van der Waals surface area contributed by atoms with Gasteiger partial charge in [-0.2, -0.15) is 0 Å². The summed E-state index contributed by atoms with van der Waals surface area (Å²) >= 11 is 0. The maximum atomic E-state index is 5.43. The van der Waals surface area contributed by atoms with Crippen LogP contribution in [-0.2, 0) is 4.74 Å². The van der Waals surface area contributed by atoms with Crippen molar-refractivity contribution in [2.75, 3.05) is 26.3 Å². The van der Waals surface area contributed by atoms with Gasteiger partial charge in [0.05, 0.1) is 13.2 Å². The van der Waals surface area contributed by atoms with Gasteiger partial charge in [0.25, 0.3) is 0 Å². The molecule has 0 saturated carbocycles. The van der Waals surface area contributed by atoms with Gasteiger partial charge in [0.1, 0.15) is 0 Å². The molecule has 2 aromatic carbocycles. The van der Waals surface area contributed by atoms with Crippen molar-refractivity contribution in [1.82, 2.24) is 4.90 Å². The number of morpholine rings is 1. The van der Waals surface area contributed by atoms with Crippen molar-refractivity contribution in [3.8, 4) is 0 Å². The SMILES string of the molecule is CC(c1cccc2cc[c]cc12)N1CCOCC1. The fourth-order valence-electron chi connectivity index (χ4n) is 2.71. The Labute approximate surface area is 108 Å². The molecule has 1 aliphatic rings. The predicted molar refractivity (Wildman–Crippen MR) is 73.6 cm³/mol. The van der Waals surface area contributed by atoms with Crippen LogP contribution in [0.1, 0.15) is 18.5 Å². The van der Waals surface area contributed by atoms with E-state index in [-0.39, 0.29) is 0 Å². The highest BCUT2D eigenvalue weighted by atomic mass is 16.5. The van der Waals surface area contributed by atoms with Gasteiger partial charge in [-0.15, -0.1) is 0 Å². The van der Waals surface area contributed by atoms with Gasteiger partial charge in [-0.05, 0) is 35.4 Å². The van der Waals surface area contributed by atoms with Crippen LogP contribution in [0.5, 0.6) is 0 Å². The zero-order valence-corrected chi connectivity index (χ0v) is 10.7. The number of hydrogen-bond acceptors (Lipinski definition) is 2. The molecule has 2 aromatic rings. The molecular formula is C16H18NO. The zero-order chi connectivity index (χ0) is 12.4. The van der Waals surface area contributed by atoms with Crippen LogP contribution >= 0.6 is 0 Å². The molecular weight excluding hydrogens is 222 g/mol. The lowest BCUT2D eigenvalue weighted by atomic mass is 9.98. The summed E-state index contributed by atoms with van der Waals surface area (Å²) in [6.45, 7) is 6.03. The molecule has 0 N–H and O–H groups in total. The molecule has 0 amide bonds. The zero-order valence-electron chi connectivity index (χ0n) is 10.7. The lowest BCUT2D eigenvalue weighted by Gasteiger charge is -2.33. The van der Waals surface area contributed by atoms with E-state index in [0.29, 0.717) is 6.04 Å². The second-order valence-electron chi connectivity index (χ2n) is 4.82. The average molecular weight is 240 g/mol. The molecule has 1 radical (unpaired) electrons. The molecule has 18 heavy (non-hydrogen) atoms. The van der Waals surface area contributed by atoms with Gasteiger partial charge in [-0.1, -0.05) is 30.3 Å². The lowest BCUT2D eigenvalue weighted by molar-refractivity contribution is 0.0201. The summed E-state index contributed by atoms with van der Waals surface area (Å²) in [5.74, 6) is 0. The Bertz CT molecular complexity index is 526. The second kappa shape index (κ2) is 5.09. The minimum Gasteiger partial charge on any atom is -0.379 e. The fourth-order valence-corrected chi connectivity index (χ4v) is 2.71. The molecule has 1 unspecified atom stereocenters. The molecule has 0 aliphatic carbocycles. The first-order chi connectivity index (χ1) is 8.86. The van der Waals surface area contributed by atoms with E-state index in [9.17, 15) is 0 Å². The first-order valence-corrected chi connectivity index (χ1v) is 6.57. The van der Waals surface area contributed by atoms with Crippen LogP contribution in [0.3, 0.4) is 0 Å². The summed E-state index contributed by atoms with van der Waals surface area (Å²) in [5, 5.41) is 2.62. The lowest BCUT2D eigenvalue weighted by Crippen LogP contribution is -2.38. The summed E-state index contributed by atoms with van der Waals surface area (Å²) in [7, 11) is 0. The number of benzene rings is 2. The number of ether oxygens (including phenoxy) is 1. The molecule has 3 rings (SSSR count). The standard InChI is InChI=1S/C16H18NO/c1-13(17-9-11-18-12-10-17)15-8-4-6-14-5-2-3-7-16(14)15/h2,4-8,13H,9-12H2,1H3. The molecule has 1 aliphatic heterocycles. The number of rotatable bonds is 2. The van der Waals surface area contributed by atoms with Gasteiger partial charge in [-0.25, -0.2) is 0 Å². The molecule has 1 saturated heterocycles. The van der Waals surface area contributed by atoms with Crippen molar-refractivity contribution in [2.45, 2.75) is 13.0 Å². The first kappa shape index (κ1) is 11.7. The second-order valence-corrected chi connectivity index (χ2v) is 4.82. The topological polar surface area (TPSA) is 12.5 Å². The molecule has 0 spiro atoms. The van der Waals surface area contributed by atoms with E-state index in [4.69, 9.17) is 4.74 Å². The first-order valence-electron chi connectivity index (χ1n) is 6.57. The van der Waals surface area contributed by atoms with E-state index in [1.54, 1.807) is 0 Å². The number of nitrogens with zero attached hydrogens (tertiary/aromatic N) is 1. The highest BCUT2D eigenvalue weighted by Crippen LogP contribution is 2.28. The summed E-state index contributed by atoms with van der Waals surface area (Å²) in [5.41, 5.74) is 1.39. The Kier molecular flexibility index (Phi) is 3.31. The molecule has 1 heterocycles. The van der Waals surface area contributed by atoms with E-state index >= 15 is 0 Å². The van der Waals surface area contributed by atoms with Crippen LogP contribution in [0, 0.1) is 6.07 Å². The van der Waals surface area contributed by atoms with E-state index in [2.05, 4.69) is 48.2 Å². The van der Waals surface area contributed by atoms with Crippen LogP contribution in [0.2, 0.25) is 0 Å². The van der Waals surface area contributed by atoms with Crippen LogP contribution in [-0.4, -0.2) is 31.2 Å². The normalized spacial score (nSPS) is 18.9. The Morgan fingerprint density at radius 1 is 1.22 bits per heavy atom. The molecule has 93 valence electrons. The van der Waals surface area contributed by atoms with Crippen LogP contribution < -0.4 is 0 Å². The Morgan fingerprint density at radius 2 is 2.06 bits per heavy atom. The quantitative estimate of drug-likeness (QED) is 0.800. The van der Waals surface area contributed by atoms with Gasteiger partial charge < -0.3 is 4.74 Å².